The molecule has 4 aromatic rings. The van der Waals surface area contributed by atoms with E-state index in [0.717, 1.165) is 36.4 Å². The number of nitrogens with zero attached hydrogens (tertiary/aromatic N) is 2. The average molecular weight is 588 g/mol. The summed E-state index contributed by atoms with van der Waals surface area (Å²) >= 11 is 0. The van der Waals surface area contributed by atoms with Gasteiger partial charge in [0, 0.05) is 28.9 Å². The average Bonchev–Trinajstić information content (AvgIpc) is 2.80. The first kappa shape index (κ1) is 29.9. The Hall–Kier alpha value is -2.67. The van der Waals surface area contributed by atoms with Crippen LogP contribution in [-0.2, 0) is 30.4 Å². The van der Waals surface area contributed by atoms with Gasteiger partial charge in [-0.25, -0.2) is 25.3 Å². The fourth-order valence-corrected chi connectivity index (χ4v) is 5.90. The van der Waals surface area contributed by atoms with Crippen molar-refractivity contribution in [1.82, 2.24) is 0 Å². The first-order chi connectivity index (χ1) is 17.1. The molecular formula is C21H14N3NaO10S3-2. The van der Waals surface area contributed by atoms with Gasteiger partial charge in [-0.2, -0.15) is 0 Å². The van der Waals surface area contributed by atoms with Gasteiger partial charge in [-0.15, -0.1) is 10.2 Å². The Labute approximate surface area is 238 Å². The predicted octanol–water partition coefficient (Wildman–Crippen LogP) is -0.128. The van der Waals surface area contributed by atoms with Gasteiger partial charge >= 0.3 is 29.6 Å². The van der Waals surface area contributed by atoms with Crippen molar-refractivity contribution in [3.63, 3.8) is 0 Å². The molecule has 4 aromatic carbocycles. The molecule has 0 fully saturated rings. The van der Waals surface area contributed by atoms with Crippen molar-refractivity contribution in [2.24, 2.45) is 10.2 Å². The number of anilines is 1. The number of rotatable bonds is 6. The number of azo groups is 1. The number of fused-ring (bicyclic) bond motifs is 2. The molecule has 194 valence electrons. The monoisotopic (exact) mass is 587 g/mol. The van der Waals surface area contributed by atoms with Gasteiger partial charge in [-0.3, -0.25) is 0 Å². The topological polar surface area (TPSA) is 229 Å². The van der Waals surface area contributed by atoms with Gasteiger partial charge in [0.15, 0.2) is 5.75 Å². The summed E-state index contributed by atoms with van der Waals surface area (Å²) in [6.07, 6.45) is 0. The van der Waals surface area contributed by atoms with Crippen molar-refractivity contribution in [2.45, 2.75) is 14.7 Å². The first-order valence-electron chi connectivity index (χ1n) is 9.95. The molecule has 0 radical (unpaired) electrons. The Kier molecular flexibility index (Phi) is 8.24. The van der Waals surface area contributed by atoms with Crippen molar-refractivity contribution in [2.75, 3.05) is 12.4 Å². The van der Waals surface area contributed by atoms with Gasteiger partial charge < -0.3 is 24.1 Å². The molecule has 13 nitrogen and oxygen atoms in total. The van der Waals surface area contributed by atoms with E-state index in [0.29, 0.717) is 5.69 Å². The van der Waals surface area contributed by atoms with Crippen LogP contribution in [0.3, 0.4) is 0 Å². The van der Waals surface area contributed by atoms with E-state index in [1.54, 1.807) is 13.1 Å². The van der Waals surface area contributed by atoms with Gasteiger partial charge in [-0.05, 0) is 41.8 Å². The molecule has 0 unspecified atom stereocenters. The molecule has 0 spiro atoms. The minimum Gasteiger partial charge on any atom is -0.744 e. The molecule has 0 bridgehead atoms. The van der Waals surface area contributed by atoms with Crippen LogP contribution >= 0.6 is 0 Å². The van der Waals surface area contributed by atoms with Crippen LogP contribution in [0.1, 0.15) is 0 Å². The Bertz CT molecular complexity index is 1960. The third-order valence-electron chi connectivity index (χ3n) is 5.34. The van der Waals surface area contributed by atoms with Crippen LogP contribution in [0.2, 0.25) is 0 Å². The van der Waals surface area contributed by atoms with Gasteiger partial charge in [0.25, 0.3) is 0 Å². The Morgan fingerprint density at radius 1 is 0.737 bits per heavy atom. The number of aromatic hydroxyl groups is 1. The smallest absolute Gasteiger partial charge is 0.744 e. The second-order valence-electron chi connectivity index (χ2n) is 7.59. The largest absolute Gasteiger partial charge is 1.00 e. The fraction of sp³-hybridized carbons (Fsp3) is 0.0476. The van der Waals surface area contributed by atoms with Crippen molar-refractivity contribution in [3.8, 4) is 5.75 Å². The van der Waals surface area contributed by atoms with Gasteiger partial charge in [0.1, 0.15) is 41.7 Å². The molecule has 0 aliphatic heterocycles. The van der Waals surface area contributed by atoms with Crippen molar-refractivity contribution < 1.29 is 73.6 Å². The van der Waals surface area contributed by atoms with Crippen LogP contribution in [-0.4, -0.2) is 51.1 Å². The summed E-state index contributed by atoms with van der Waals surface area (Å²) in [5.74, 6) is -0.759. The maximum atomic E-state index is 12.1. The molecule has 0 atom stereocenters. The zero-order chi connectivity index (χ0) is 27.3. The van der Waals surface area contributed by atoms with Crippen LogP contribution in [0.15, 0.2) is 79.5 Å². The molecule has 0 heterocycles. The van der Waals surface area contributed by atoms with Crippen LogP contribution in [0.5, 0.6) is 5.75 Å². The number of hydrogen-bond acceptors (Lipinski definition) is 13. The maximum absolute atomic E-state index is 12.1. The molecule has 0 amide bonds. The predicted molar refractivity (Wildman–Crippen MR) is 127 cm³/mol. The van der Waals surface area contributed by atoms with Crippen molar-refractivity contribution in [3.05, 3.63) is 54.6 Å². The Morgan fingerprint density at radius 2 is 1.37 bits per heavy atom. The van der Waals surface area contributed by atoms with Crippen molar-refractivity contribution >= 4 is 69.0 Å². The summed E-state index contributed by atoms with van der Waals surface area (Å²) in [4.78, 5) is -2.81. The maximum Gasteiger partial charge on any atom is 1.00 e. The van der Waals surface area contributed by atoms with Crippen LogP contribution in [0, 0.1) is 0 Å². The van der Waals surface area contributed by atoms with Crippen LogP contribution in [0.25, 0.3) is 21.5 Å². The van der Waals surface area contributed by atoms with Crippen LogP contribution in [0.4, 0.5) is 17.1 Å². The zero-order valence-electron chi connectivity index (χ0n) is 19.4. The summed E-state index contributed by atoms with van der Waals surface area (Å²) in [6, 6.07) is 10.3. The Balaban J connectivity index is 0.00000400. The van der Waals surface area contributed by atoms with Gasteiger partial charge in [0.2, 0.25) is 0 Å². The number of phenols is 1. The summed E-state index contributed by atoms with van der Waals surface area (Å²) in [7, 11) is -14.1. The second-order valence-corrected chi connectivity index (χ2v) is 11.6. The number of nitrogens with one attached hydrogen (secondary N) is 1. The molecule has 0 aliphatic carbocycles. The molecule has 17 heteroatoms. The van der Waals surface area contributed by atoms with E-state index in [4.69, 9.17) is 0 Å². The first-order valence-corrected chi connectivity index (χ1v) is 14.2. The Morgan fingerprint density at radius 3 is 1.95 bits per heavy atom. The summed E-state index contributed by atoms with van der Waals surface area (Å²) in [5, 5.41) is 20.1. The standard InChI is InChI=1S/C21H17N3O10S3.Na/c1-22-12-5-6-13-11(9-12)10-18(36(29,30)31)19(20(13)25)24-23-16-8-7-14-15(21(16)37(32,33)34)3-2-4-17(14)35(26,27)28;/h2-10,22,25H,1H3,(H,26,27,28)(H,29,30,31)(H,32,33,34);/q;+1/p-3. The summed E-state index contributed by atoms with van der Waals surface area (Å²) in [5.41, 5.74) is -0.941. The SMILES string of the molecule is CNc1ccc2c(O)c(N=Nc3ccc4c(S(=O)(=O)[O-])cccc4c3S(=O)(=O)[O-])c(S(=O)(=O)[O-])cc2c1.[Na+]. The number of benzene rings is 4. The van der Waals surface area contributed by atoms with E-state index in [9.17, 15) is 44.0 Å². The minimum atomic E-state index is -5.37. The molecule has 4 rings (SSSR count). The van der Waals surface area contributed by atoms with E-state index < -0.39 is 67.6 Å². The fourth-order valence-electron chi connectivity index (χ4n) is 3.75. The van der Waals surface area contributed by atoms with E-state index in [2.05, 4.69) is 15.5 Å². The number of phenolic OH excluding ortho intramolecular Hbond substituents is 1. The van der Waals surface area contributed by atoms with Crippen LogP contribution < -0.4 is 34.9 Å². The van der Waals surface area contributed by atoms with E-state index in [-0.39, 0.29) is 45.7 Å². The molecule has 0 saturated carbocycles. The quantitative estimate of drug-likeness (QED) is 0.171. The number of hydrogen-bond donors (Lipinski definition) is 2. The molecule has 0 saturated heterocycles. The summed E-state index contributed by atoms with van der Waals surface area (Å²) < 4.78 is 107. The van der Waals surface area contributed by atoms with E-state index in [1.165, 1.54) is 12.1 Å². The van der Waals surface area contributed by atoms with Gasteiger partial charge in [-0.1, -0.05) is 18.2 Å². The molecule has 0 aromatic heterocycles. The zero-order valence-corrected chi connectivity index (χ0v) is 23.9. The van der Waals surface area contributed by atoms with E-state index in [1.807, 2.05) is 0 Å². The van der Waals surface area contributed by atoms with E-state index >= 15 is 0 Å². The third kappa shape index (κ3) is 5.68. The minimum absolute atomic E-state index is 0. The molecule has 2 N–H and O–H groups in total. The summed E-state index contributed by atoms with van der Waals surface area (Å²) in [6.45, 7) is 0. The normalized spacial score (nSPS) is 12.6. The molecule has 0 aliphatic rings. The van der Waals surface area contributed by atoms with Gasteiger partial charge in [0.05, 0.1) is 14.7 Å². The second kappa shape index (κ2) is 10.5. The van der Waals surface area contributed by atoms with Crippen molar-refractivity contribution in [1.29, 1.82) is 0 Å². The third-order valence-corrected chi connectivity index (χ3v) is 8.01. The molecule has 38 heavy (non-hydrogen) atoms. The molecular weight excluding hydrogens is 573 g/mol.